The van der Waals surface area contributed by atoms with Crippen LogP contribution in [0.4, 0.5) is 24.5 Å². The van der Waals surface area contributed by atoms with E-state index in [1.54, 1.807) is 16.4 Å². The van der Waals surface area contributed by atoms with E-state index in [0.717, 1.165) is 69.7 Å². The molecule has 2 aliphatic carbocycles. The topological polar surface area (TPSA) is 163 Å². The summed E-state index contributed by atoms with van der Waals surface area (Å²) < 4.78 is 48.4. The lowest BCUT2D eigenvalue weighted by Crippen LogP contribution is -2.56. The molecule has 0 bridgehead atoms. The number of aromatic nitrogens is 6. The molecule has 19 heteroatoms. The zero-order chi connectivity index (χ0) is 41.7. The van der Waals surface area contributed by atoms with Crippen LogP contribution < -0.4 is 15.8 Å². The first-order chi connectivity index (χ1) is 28.8. The van der Waals surface area contributed by atoms with Crippen molar-refractivity contribution in [2.75, 3.05) is 62.7 Å². The fourth-order valence-corrected chi connectivity index (χ4v) is 9.96. The number of hydrogen-bond donors (Lipinski definition) is 2. The number of aromatic hydroxyl groups is 1. The Balaban J connectivity index is 0.982. The molecule has 1 saturated carbocycles. The Kier molecular flexibility index (Phi) is 9.18. The predicted molar refractivity (Wildman–Crippen MR) is 212 cm³/mol. The van der Waals surface area contributed by atoms with Crippen molar-refractivity contribution in [3.05, 3.63) is 92.4 Å². The molecule has 2 amide bonds. The second-order valence-corrected chi connectivity index (χ2v) is 16.8. The summed E-state index contributed by atoms with van der Waals surface area (Å²) in [5.74, 6) is -0.815. The minimum absolute atomic E-state index is 0.00631. The van der Waals surface area contributed by atoms with E-state index in [-0.39, 0.29) is 51.9 Å². The highest BCUT2D eigenvalue weighted by atomic mass is 35.5. The van der Waals surface area contributed by atoms with Crippen molar-refractivity contribution in [2.45, 2.75) is 56.3 Å². The quantitative estimate of drug-likeness (QED) is 0.238. The molecular weight excluding hydrogens is 805 g/mol. The Bertz CT molecular complexity index is 2610. The number of amides is 2. The van der Waals surface area contributed by atoms with Crippen LogP contribution in [0.3, 0.4) is 0 Å². The van der Waals surface area contributed by atoms with Crippen LogP contribution in [-0.2, 0) is 27.7 Å². The molecule has 3 saturated heterocycles. The van der Waals surface area contributed by atoms with Gasteiger partial charge in [0.25, 0.3) is 11.5 Å². The summed E-state index contributed by atoms with van der Waals surface area (Å²) in [5.41, 5.74) is 1.25. The van der Waals surface area contributed by atoms with Gasteiger partial charge >= 0.3 is 6.18 Å². The molecule has 0 unspecified atom stereocenters. The number of halogens is 4. The maximum Gasteiger partial charge on any atom is 0.416 e. The summed E-state index contributed by atoms with van der Waals surface area (Å²) in [6.07, 6.45) is -1.70. The van der Waals surface area contributed by atoms with E-state index >= 15 is 0 Å². The van der Waals surface area contributed by atoms with Crippen molar-refractivity contribution < 1.29 is 32.6 Å². The van der Waals surface area contributed by atoms with E-state index in [1.165, 1.54) is 10.8 Å². The number of likely N-dealkylation sites (tertiary alicyclic amines) is 1. The van der Waals surface area contributed by atoms with E-state index in [1.807, 2.05) is 24.3 Å². The van der Waals surface area contributed by atoms with Crippen LogP contribution in [0, 0.1) is 12.8 Å². The number of piperazine rings is 1. The third-order valence-corrected chi connectivity index (χ3v) is 13.4. The average Bonchev–Trinajstić information content (AvgIpc) is 3.81. The molecule has 5 aromatic rings. The highest BCUT2D eigenvalue weighted by Crippen LogP contribution is 2.67. The molecule has 15 nitrogen and oxygen atoms in total. The van der Waals surface area contributed by atoms with Crippen LogP contribution in [0.25, 0.3) is 17.2 Å². The van der Waals surface area contributed by atoms with Gasteiger partial charge in [-0.25, -0.2) is 9.97 Å². The number of anilines is 2. The molecule has 4 fully saturated rings. The number of carbonyl (C=O) groups is 2. The molecule has 10 rings (SSSR count). The van der Waals surface area contributed by atoms with Crippen molar-refractivity contribution in [1.82, 2.24) is 38.9 Å². The monoisotopic (exact) mass is 844 g/mol. The number of fused-ring (bicyclic) bond motifs is 6. The molecule has 3 aliphatic heterocycles. The van der Waals surface area contributed by atoms with Gasteiger partial charge in [0.05, 0.1) is 41.2 Å². The summed E-state index contributed by atoms with van der Waals surface area (Å²) in [6.45, 7) is 7.08. The van der Waals surface area contributed by atoms with E-state index in [4.69, 9.17) is 26.4 Å². The summed E-state index contributed by atoms with van der Waals surface area (Å²) in [4.78, 5) is 61.4. The largest absolute Gasteiger partial charge is 0.504 e. The molecule has 6 heterocycles. The van der Waals surface area contributed by atoms with Crippen LogP contribution in [0.2, 0.25) is 5.02 Å². The van der Waals surface area contributed by atoms with Gasteiger partial charge in [0.2, 0.25) is 11.7 Å². The van der Waals surface area contributed by atoms with Gasteiger partial charge in [-0.1, -0.05) is 11.6 Å². The van der Waals surface area contributed by atoms with Gasteiger partial charge in [0.15, 0.2) is 17.3 Å². The SMILES string of the molecule is Cc1ncnc(C(=O)N2CCC3(CC2)c2c(n(CC(=O)Nc4ccc(C(F)(F)F)cc4Cl)c4nc(-c5ccc(N6CCN(C7COC7)CC6)cc5)nn4c2=O)[C@H]2C[C@H]23)c1O. The van der Waals surface area contributed by atoms with Gasteiger partial charge in [-0.3, -0.25) is 19.3 Å². The summed E-state index contributed by atoms with van der Waals surface area (Å²) in [6, 6.07) is 11.1. The third kappa shape index (κ3) is 6.37. The Labute approximate surface area is 345 Å². The minimum atomic E-state index is -4.61. The van der Waals surface area contributed by atoms with Crippen LogP contribution in [-0.4, -0.2) is 114 Å². The standard InChI is InChI=1S/C41H40ClF3N10O5/c1-22-35(57)33(47-21-46-22)38(59)53-10-8-40(9-11-53)28-17-27(28)34-32(40)37(58)55-39(54(34)18-31(56)48-30-7-4-24(16-29(30)42)41(43,44)45)49-36(50-55)23-2-5-25(6-3-23)51-12-14-52(15-13-51)26-19-60-20-26/h2-7,16,21,26-28,57H,8-15,17-20H2,1H3,(H,48,56)/t27-,28+/m0/s1. The van der Waals surface area contributed by atoms with Crippen molar-refractivity contribution in [2.24, 2.45) is 5.92 Å². The number of alkyl halides is 3. The number of benzene rings is 2. The molecule has 2 N–H and O–H groups in total. The number of ether oxygens (including phenoxy) is 1. The summed E-state index contributed by atoms with van der Waals surface area (Å²) in [7, 11) is 0. The first kappa shape index (κ1) is 38.6. The van der Waals surface area contributed by atoms with Crippen LogP contribution >= 0.6 is 11.6 Å². The Morgan fingerprint density at radius 2 is 1.75 bits per heavy atom. The maximum absolute atomic E-state index is 14.8. The van der Waals surface area contributed by atoms with E-state index < -0.39 is 29.0 Å². The fraction of sp³-hybridized carbons (Fsp3) is 0.439. The Morgan fingerprint density at radius 1 is 1.02 bits per heavy atom. The molecule has 60 heavy (non-hydrogen) atoms. The number of nitrogens with one attached hydrogen (secondary N) is 1. The summed E-state index contributed by atoms with van der Waals surface area (Å²) >= 11 is 6.22. The number of piperidine rings is 1. The van der Waals surface area contributed by atoms with Crippen molar-refractivity contribution in [1.29, 1.82) is 0 Å². The molecule has 2 aromatic carbocycles. The predicted octanol–water partition coefficient (Wildman–Crippen LogP) is 4.48. The molecule has 0 radical (unpaired) electrons. The third-order valence-electron chi connectivity index (χ3n) is 13.1. The lowest BCUT2D eigenvalue weighted by atomic mass is 9.71. The van der Waals surface area contributed by atoms with Gasteiger partial charge < -0.3 is 29.5 Å². The number of carbonyl (C=O) groups excluding carboxylic acids is 2. The zero-order valence-electron chi connectivity index (χ0n) is 32.5. The van der Waals surface area contributed by atoms with E-state index in [0.29, 0.717) is 60.3 Å². The van der Waals surface area contributed by atoms with Gasteiger partial charge in [0, 0.05) is 73.1 Å². The Morgan fingerprint density at radius 3 is 2.42 bits per heavy atom. The lowest BCUT2D eigenvalue weighted by molar-refractivity contribution is -0.137. The van der Waals surface area contributed by atoms with Gasteiger partial charge in [-0.05, 0) is 74.6 Å². The number of hydrogen-bond acceptors (Lipinski definition) is 11. The fourth-order valence-electron chi connectivity index (χ4n) is 9.73. The van der Waals surface area contributed by atoms with Gasteiger partial charge in [-0.2, -0.15) is 22.7 Å². The van der Waals surface area contributed by atoms with Crippen LogP contribution in [0.5, 0.6) is 5.75 Å². The average molecular weight is 845 g/mol. The normalized spacial score (nSPS) is 21.2. The number of nitrogens with zero attached hydrogens (tertiary/aromatic N) is 9. The highest BCUT2D eigenvalue weighted by molar-refractivity contribution is 6.33. The molecule has 312 valence electrons. The van der Waals surface area contributed by atoms with E-state index in [2.05, 4.69) is 25.1 Å². The summed E-state index contributed by atoms with van der Waals surface area (Å²) in [5, 5.41) is 17.7. The first-order valence-electron chi connectivity index (χ1n) is 20.0. The van der Waals surface area contributed by atoms with Gasteiger partial charge in [-0.15, -0.1) is 5.10 Å². The maximum atomic E-state index is 14.8. The second kappa shape index (κ2) is 14.3. The smallest absolute Gasteiger partial charge is 0.416 e. The second-order valence-electron chi connectivity index (χ2n) is 16.4. The molecule has 1 spiro atoms. The van der Waals surface area contributed by atoms with Crippen molar-refractivity contribution in [3.8, 4) is 17.1 Å². The number of rotatable bonds is 7. The van der Waals surface area contributed by atoms with E-state index in [9.17, 15) is 32.7 Å². The zero-order valence-corrected chi connectivity index (χ0v) is 33.2. The molecule has 3 aromatic heterocycles. The Hall–Kier alpha value is -5.59. The van der Waals surface area contributed by atoms with Crippen molar-refractivity contribution in [3.63, 3.8) is 0 Å². The van der Waals surface area contributed by atoms with Gasteiger partial charge in [0.1, 0.15) is 12.9 Å². The number of aryl methyl sites for hydroxylation is 1. The van der Waals surface area contributed by atoms with Crippen LogP contribution in [0.1, 0.15) is 58.2 Å². The lowest BCUT2D eigenvalue weighted by Gasteiger charge is -2.43. The van der Waals surface area contributed by atoms with Crippen molar-refractivity contribution >= 4 is 40.6 Å². The van der Waals surface area contributed by atoms with Crippen LogP contribution in [0.15, 0.2) is 53.6 Å². The molecule has 2 atom stereocenters. The molecule has 5 aliphatic rings. The first-order valence-corrected chi connectivity index (χ1v) is 20.4. The minimum Gasteiger partial charge on any atom is -0.504 e. The molecular formula is C41H40ClF3N10O5. The highest BCUT2D eigenvalue weighted by Gasteiger charge is 2.64.